The Morgan fingerprint density at radius 3 is 2.56 bits per heavy atom. The van der Waals surface area contributed by atoms with Crippen molar-refractivity contribution >= 4 is 16.9 Å². The number of aromatic nitrogens is 2. The molecule has 0 atom stereocenters. The van der Waals surface area contributed by atoms with Gasteiger partial charge in [0.15, 0.2) is 6.29 Å². The van der Waals surface area contributed by atoms with Crippen molar-refractivity contribution in [2.75, 3.05) is 19.8 Å². The number of para-hydroxylation sites is 2. The molecule has 1 saturated heterocycles. The van der Waals surface area contributed by atoms with Gasteiger partial charge in [0, 0.05) is 13.0 Å². The van der Waals surface area contributed by atoms with Crippen molar-refractivity contribution in [3.05, 3.63) is 30.1 Å². The predicted octanol–water partition coefficient (Wildman–Crippen LogP) is 3.25. The molecule has 1 aromatic heterocycles. The number of nitrogens with zero attached hydrogens (tertiary/aromatic N) is 3. The van der Waals surface area contributed by atoms with E-state index in [2.05, 4.69) is 10.6 Å². The number of hydrogen-bond donors (Lipinski definition) is 0. The fraction of sp³-hybridized carbons (Fsp3) is 0.619. The molecule has 2 heterocycles. The molecule has 146 valence electrons. The van der Waals surface area contributed by atoms with E-state index in [1.165, 1.54) is 12.8 Å². The van der Waals surface area contributed by atoms with Crippen molar-refractivity contribution in [3.8, 4) is 0 Å². The highest BCUT2D eigenvalue weighted by Gasteiger charge is 2.30. The minimum Gasteiger partial charge on any atom is -0.348 e. The second-order valence-electron chi connectivity index (χ2n) is 7.65. The number of rotatable bonds is 5. The Hall–Kier alpha value is -1.92. The largest absolute Gasteiger partial charge is 0.348 e. The summed E-state index contributed by atoms with van der Waals surface area (Å²) in [6.45, 7) is 2.16. The first kappa shape index (κ1) is 18.4. The Labute approximate surface area is 160 Å². The van der Waals surface area contributed by atoms with Gasteiger partial charge in [-0.25, -0.2) is 4.98 Å². The van der Waals surface area contributed by atoms with Crippen LogP contribution in [0.2, 0.25) is 0 Å². The molecule has 1 aliphatic heterocycles. The van der Waals surface area contributed by atoms with E-state index in [4.69, 9.17) is 14.5 Å². The molecule has 0 bridgehead atoms. The molecule has 4 rings (SSSR count). The summed E-state index contributed by atoms with van der Waals surface area (Å²) in [5.41, 5.74) is 2.05. The molecule has 2 aromatic rings. The normalized spacial score (nSPS) is 19.4. The molecule has 0 N–H and O–H groups in total. The Balaban J connectivity index is 1.56. The van der Waals surface area contributed by atoms with E-state index in [1.54, 1.807) is 0 Å². The zero-order chi connectivity index (χ0) is 18.6. The number of amides is 1. The average Bonchev–Trinajstić information content (AvgIpc) is 3.20. The van der Waals surface area contributed by atoms with Crippen LogP contribution in [0.4, 0.5) is 0 Å². The minimum absolute atomic E-state index is 0.114. The van der Waals surface area contributed by atoms with E-state index in [9.17, 15) is 4.79 Å². The topological polar surface area (TPSA) is 56.6 Å². The zero-order valence-corrected chi connectivity index (χ0v) is 16.1. The van der Waals surface area contributed by atoms with E-state index in [-0.39, 0.29) is 18.1 Å². The van der Waals surface area contributed by atoms with Crippen LogP contribution in [0.25, 0.3) is 11.0 Å². The highest BCUT2D eigenvalue weighted by atomic mass is 16.7. The summed E-state index contributed by atoms with van der Waals surface area (Å²) in [7, 11) is 2.02. The molecule has 6 nitrogen and oxygen atoms in total. The monoisotopic (exact) mass is 371 g/mol. The van der Waals surface area contributed by atoms with Crippen LogP contribution in [0.5, 0.6) is 0 Å². The van der Waals surface area contributed by atoms with Crippen LogP contribution in [-0.4, -0.2) is 46.4 Å². The molecule has 27 heavy (non-hydrogen) atoms. The van der Waals surface area contributed by atoms with Crippen molar-refractivity contribution in [2.45, 2.75) is 51.4 Å². The van der Waals surface area contributed by atoms with Gasteiger partial charge in [-0.3, -0.25) is 4.79 Å². The van der Waals surface area contributed by atoms with Gasteiger partial charge in [-0.2, -0.15) is 0 Å². The maximum atomic E-state index is 13.3. The van der Waals surface area contributed by atoms with E-state index in [0.29, 0.717) is 26.3 Å². The molecule has 2 fully saturated rings. The summed E-state index contributed by atoms with van der Waals surface area (Å²) >= 11 is 0. The van der Waals surface area contributed by atoms with E-state index >= 15 is 0 Å². The summed E-state index contributed by atoms with van der Waals surface area (Å²) in [4.78, 5) is 20.0. The lowest BCUT2D eigenvalue weighted by Gasteiger charge is -2.28. The smallest absolute Gasteiger partial charge is 0.226 e. The zero-order valence-electron chi connectivity index (χ0n) is 16.1. The lowest BCUT2D eigenvalue weighted by Crippen LogP contribution is -2.41. The Morgan fingerprint density at radius 2 is 1.85 bits per heavy atom. The third-order valence-electron chi connectivity index (χ3n) is 5.79. The predicted molar refractivity (Wildman–Crippen MR) is 103 cm³/mol. The fourth-order valence-electron chi connectivity index (χ4n) is 4.22. The number of carbonyl (C=O) groups is 1. The highest BCUT2D eigenvalue weighted by molar-refractivity contribution is 5.79. The number of fused-ring (bicyclic) bond motifs is 1. The molecule has 1 saturated carbocycles. The first-order valence-corrected chi connectivity index (χ1v) is 10.1. The van der Waals surface area contributed by atoms with E-state index in [0.717, 1.165) is 42.5 Å². The lowest BCUT2D eigenvalue weighted by molar-refractivity contribution is -0.143. The SMILES string of the molecule is Cn1c(CN(CC2OCCO2)C(=O)C2CCCCCC2)nc2ccccc21. The van der Waals surface area contributed by atoms with Crippen LogP contribution >= 0.6 is 0 Å². The first-order valence-electron chi connectivity index (χ1n) is 10.1. The van der Waals surface area contributed by atoms with Gasteiger partial charge in [0.1, 0.15) is 5.82 Å². The maximum Gasteiger partial charge on any atom is 0.226 e. The maximum absolute atomic E-state index is 13.3. The second-order valence-corrected chi connectivity index (χ2v) is 7.65. The van der Waals surface area contributed by atoms with Crippen molar-refractivity contribution in [1.82, 2.24) is 14.5 Å². The molecule has 0 radical (unpaired) electrons. The molecule has 1 aromatic carbocycles. The number of ether oxygens (including phenoxy) is 2. The Bertz CT molecular complexity index is 774. The molecule has 0 unspecified atom stereocenters. The lowest BCUT2D eigenvalue weighted by atomic mass is 9.98. The second kappa shape index (κ2) is 8.40. The van der Waals surface area contributed by atoms with Gasteiger partial charge in [0.2, 0.25) is 5.91 Å². The van der Waals surface area contributed by atoms with E-state index < -0.39 is 0 Å². The molecule has 2 aliphatic rings. The average molecular weight is 371 g/mol. The van der Waals surface area contributed by atoms with Gasteiger partial charge >= 0.3 is 0 Å². The van der Waals surface area contributed by atoms with Gasteiger partial charge in [0.05, 0.1) is 37.3 Å². The van der Waals surface area contributed by atoms with Crippen LogP contribution in [0.3, 0.4) is 0 Å². The summed E-state index contributed by atoms with van der Waals surface area (Å²) in [6.07, 6.45) is 6.43. The quantitative estimate of drug-likeness (QED) is 0.757. The van der Waals surface area contributed by atoms with Crippen LogP contribution in [0.1, 0.15) is 44.3 Å². The number of aryl methyl sites for hydroxylation is 1. The summed E-state index contributed by atoms with van der Waals surface area (Å²) in [5, 5.41) is 0. The van der Waals surface area contributed by atoms with Gasteiger partial charge in [0.25, 0.3) is 0 Å². The number of imidazole rings is 1. The summed E-state index contributed by atoms with van der Waals surface area (Å²) in [5.74, 6) is 1.24. The van der Waals surface area contributed by atoms with Crippen LogP contribution in [0, 0.1) is 5.92 Å². The minimum atomic E-state index is -0.325. The number of carbonyl (C=O) groups excluding carboxylic acids is 1. The molecule has 0 spiro atoms. The van der Waals surface area contributed by atoms with Crippen LogP contribution < -0.4 is 0 Å². The summed E-state index contributed by atoms with van der Waals surface area (Å²) < 4.78 is 13.3. The molecule has 1 amide bonds. The first-order chi connectivity index (χ1) is 13.2. The number of hydrogen-bond acceptors (Lipinski definition) is 4. The standard InChI is InChI=1S/C21H29N3O3/c1-23-18-11-7-6-10-17(18)22-19(23)14-24(15-20-26-12-13-27-20)21(25)16-8-4-2-3-5-9-16/h6-7,10-11,16,20H,2-5,8-9,12-15H2,1H3. The molecular weight excluding hydrogens is 342 g/mol. The van der Waals surface area contributed by atoms with Crippen molar-refractivity contribution in [1.29, 1.82) is 0 Å². The van der Waals surface area contributed by atoms with Crippen molar-refractivity contribution in [3.63, 3.8) is 0 Å². The van der Waals surface area contributed by atoms with Gasteiger partial charge in [-0.1, -0.05) is 37.8 Å². The van der Waals surface area contributed by atoms with E-state index in [1.807, 2.05) is 30.1 Å². The third-order valence-corrected chi connectivity index (χ3v) is 5.79. The van der Waals surface area contributed by atoms with Gasteiger partial charge in [-0.15, -0.1) is 0 Å². The van der Waals surface area contributed by atoms with Crippen molar-refractivity contribution in [2.24, 2.45) is 13.0 Å². The molecule has 6 heteroatoms. The molecular formula is C21H29N3O3. The third kappa shape index (κ3) is 4.17. The van der Waals surface area contributed by atoms with Crippen LogP contribution in [-0.2, 0) is 27.9 Å². The van der Waals surface area contributed by atoms with Crippen molar-refractivity contribution < 1.29 is 14.3 Å². The Kier molecular flexibility index (Phi) is 5.74. The molecule has 1 aliphatic carbocycles. The van der Waals surface area contributed by atoms with Gasteiger partial charge < -0.3 is 18.9 Å². The fourth-order valence-corrected chi connectivity index (χ4v) is 4.22. The van der Waals surface area contributed by atoms with Crippen LogP contribution in [0.15, 0.2) is 24.3 Å². The van der Waals surface area contributed by atoms with Gasteiger partial charge in [-0.05, 0) is 25.0 Å². The number of benzene rings is 1. The Morgan fingerprint density at radius 1 is 1.15 bits per heavy atom. The highest BCUT2D eigenvalue weighted by Crippen LogP contribution is 2.26. The summed E-state index contributed by atoms with van der Waals surface area (Å²) in [6, 6.07) is 8.09.